The number of benzene rings is 2. The van der Waals surface area contributed by atoms with Crippen LogP contribution in [0.3, 0.4) is 0 Å². The summed E-state index contributed by atoms with van der Waals surface area (Å²) in [5.74, 6) is -5.30. The molecule has 0 aromatic heterocycles. The number of hydrogen-bond acceptors (Lipinski definition) is 7. The molecule has 7 rings (SSSR count). The summed E-state index contributed by atoms with van der Waals surface area (Å²) in [4.78, 5) is 59.6. The van der Waals surface area contributed by atoms with Gasteiger partial charge in [0.2, 0.25) is 23.6 Å². The molecule has 0 bridgehead atoms. The number of imide groups is 2. The Hall–Kier alpha value is -3.92. The van der Waals surface area contributed by atoms with Gasteiger partial charge in [0.1, 0.15) is 23.1 Å². The Balaban J connectivity index is 1.39. The maximum atomic E-state index is 14.6. The van der Waals surface area contributed by atoms with Gasteiger partial charge in [0.25, 0.3) is 0 Å². The largest absolute Gasteiger partial charge is 0.507 e. The summed E-state index contributed by atoms with van der Waals surface area (Å²) < 4.78 is 25.3. The van der Waals surface area contributed by atoms with Crippen molar-refractivity contribution in [2.75, 3.05) is 19.1 Å². The van der Waals surface area contributed by atoms with Crippen LogP contribution in [0.4, 0.5) is 10.1 Å². The van der Waals surface area contributed by atoms with Crippen LogP contribution in [0, 0.1) is 34.9 Å². The first kappa shape index (κ1) is 30.7. The van der Waals surface area contributed by atoms with E-state index in [1.54, 1.807) is 13.0 Å². The fourth-order valence-corrected chi connectivity index (χ4v) is 9.26. The van der Waals surface area contributed by atoms with Crippen molar-refractivity contribution in [1.29, 1.82) is 0 Å². The van der Waals surface area contributed by atoms with Gasteiger partial charge in [0, 0.05) is 29.7 Å². The molecule has 2 heterocycles. The summed E-state index contributed by atoms with van der Waals surface area (Å²) in [7, 11) is 2.90. The molecule has 2 saturated carbocycles. The number of fused-ring (bicyclic) bond motifs is 4. The van der Waals surface area contributed by atoms with Crippen LogP contribution in [-0.4, -0.2) is 53.9 Å². The van der Waals surface area contributed by atoms with E-state index in [0.29, 0.717) is 17.7 Å². The van der Waals surface area contributed by atoms with Gasteiger partial charge in [0.15, 0.2) is 0 Å². The van der Waals surface area contributed by atoms with Crippen molar-refractivity contribution in [3.63, 3.8) is 0 Å². The highest BCUT2D eigenvalue weighted by Crippen LogP contribution is 2.65. The van der Waals surface area contributed by atoms with Gasteiger partial charge in [-0.1, -0.05) is 42.5 Å². The number of anilines is 1. The highest BCUT2D eigenvalue weighted by Gasteiger charge is 2.68. The Morgan fingerprint density at radius 1 is 0.957 bits per heavy atom. The molecule has 2 aromatic carbocycles. The molecule has 4 fully saturated rings. The lowest BCUT2D eigenvalue weighted by atomic mass is 9.51. The van der Waals surface area contributed by atoms with Gasteiger partial charge in [-0.15, -0.1) is 0 Å². The Kier molecular flexibility index (Phi) is 7.42. The maximum absolute atomic E-state index is 14.6. The number of nitrogens with zero attached hydrogens (tertiary/aromatic N) is 2. The lowest BCUT2D eigenvalue weighted by Crippen LogP contribution is -2.49. The number of phenolic OH excluding ortho intramolecular Hbond substituents is 1. The first-order valence-corrected chi connectivity index (χ1v) is 16.3. The summed E-state index contributed by atoms with van der Waals surface area (Å²) in [6.07, 6.45) is 6.97. The van der Waals surface area contributed by atoms with Crippen LogP contribution in [0.5, 0.6) is 17.2 Å². The van der Waals surface area contributed by atoms with E-state index in [2.05, 4.69) is 0 Å². The van der Waals surface area contributed by atoms with E-state index in [-0.39, 0.29) is 46.5 Å². The van der Waals surface area contributed by atoms with E-state index in [4.69, 9.17) is 21.1 Å². The van der Waals surface area contributed by atoms with Gasteiger partial charge in [-0.25, -0.2) is 9.29 Å². The molecule has 3 aliphatic carbocycles. The van der Waals surface area contributed by atoms with Crippen LogP contribution >= 0.6 is 11.6 Å². The van der Waals surface area contributed by atoms with Crippen LogP contribution in [0.1, 0.15) is 63.4 Å². The lowest BCUT2D eigenvalue weighted by molar-refractivity contribution is -0.144. The fraction of sp³-hybridized carbons (Fsp3) is 0.486. The Bertz CT molecular complexity index is 1700. The molecule has 242 valence electrons. The molecule has 2 aromatic rings. The third-order valence-corrected chi connectivity index (χ3v) is 11.5. The Morgan fingerprint density at radius 2 is 1.70 bits per heavy atom. The molecule has 6 atom stereocenters. The van der Waals surface area contributed by atoms with Crippen molar-refractivity contribution in [3.8, 4) is 17.2 Å². The molecule has 0 radical (unpaired) electrons. The summed E-state index contributed by atoms with van der Waals surface area (Å²) in [6, 6.07) is 6.59. The normalized spacial score (nSPS) is 31.1. The predicted octanol–water partition coefficient (Wildman–Crippen LogP) is 5.77. The van der Waals surface area contributed by atoms with Crippen molar-refractivity contribution < 1.29 is 38.1 Å². The molecule has 9 nitrogen and oxygen atoms in total. The average molecular weight is 651 g/mol. The molecule has 0 spiro atoms. The van der Waals surface area contributed by atoms with Crippen molar-refractivity contribution in [2.45, 2.75) is 63.8 Å². The number of phenols is 1. The van der Waals surface area contributed by atoms with Gasteiger partial charge >= 0.3 is 0 Å². The molecule has 5 aliphatic rings. The second-order valence-corrected chi connectivity index (χ2v) is 13.8. The molecular weight excluding hydrogens is 615 g/mol. The quantitative estimate of drug-likeness (QED) is 0.323. The SMILES string of the molecule is COc1cc(O)c([C@H]2C3=CC[C@@H]4C(=O)N(C5CCCCC5)C(=O)[C@@H]4[C@@H]3C[C@H]3C(=O)N(c4ccc(F)c(Cl)c4)C(=O)[C@@]23C)c(OC)c1. The number of hydrogen-bond donors (Lipinski definition) is 1. The minimum absolute atomic E-state index is 0.132. The average Bonchev–Trinajstić information content (AvgIpc) is 3.42. The topological polar surface area (TPSA) is 113 Å². The number of aromatic hydroxyl groups is 1. The highest BCUT2D eigenvalue weighted by atomic mass is 35.5. The van der Waals surface area contributed by atoms with E-state index in [9.17, 15) is 28.7 Å². The zero-order valence-corrected chi connectivity index (χ0v) is 26.7. The van der Waals surface area contributed by atoms with Gasteiger partial charge in [-0.3, -0.25) is 24.1 Å². The zero-order valence-electron chi connectivity index (χ0n) is 25.9. The van der Waals surface area contributed by atoms with Crippen LogP contribution in [0.2, 0.25) is 5.02 Å². The third-order valence-electron chi connectivity index (χ3n) is 11.2. The number of carbonyl (C=O) groups is 4. The molecule has 2 aliphatic heterocycles. The number of ether oxygens (including phenoxy) is 2. The number of methoxy groups -OCH3 is 2. The van der Waals surface area contributed by atoms with Gasteiger partial charge in [0.05, 0.1) is 48.1 Å². The van der Waals surface area contributed by atoms with E-state index >= 15 is 0 Å². The van der Waals surface area contributed by atoms with E-state index in [0.717, 1.165) is 48.6 Å². The van der Waals surface area contributed by atoms with Crippen molar-refractivity contribution in [3.05, 3.63) is 58.4 Å². The molecule has 0 unspecified atom stereocenters. The van der Waals surface area contributed by atoms with Crippen LogP contribution in [-0.2, 0) is 19.2 Å². The smallest absolute Gasteiger partial charge is 0.241 e. The number of rotatable bonds is 5. The number of halogens is 2. The summed E-state index contributed by atoms with van der Waals surface area (Å²) in [6.45, 7) is 1.70. The van der Waals surface area contributed by atoms with E-state index in [1.807, 2.05) is 6.08 Å². The van der Waals surface area contributed by atoms with E-state index < -0.39 is 52.6 Å². The highest BCUT2D eigenvalue weighted by molar-refractivity contribution is 6.31. The minimum atomic E-state index is -1.43. The molecule has 2 saturated heterocycles. The van der Waals surface area contributed by atoms with Gasteiger partial charge < -0.3 is 14.6 Å². The van der Waals surface area contributed by atoms with Gasteiger partial charge in [-0.2, -0.15) is 0 Å². The second-order valence-electron chi connectivity index (χ2n) is 13.4. The number of amides is 4. The Morgan fingerprint density at radius 3 is 2.37 bits per heavy atom. The third kappa shape index (κ3) is 4.25. The molecule has 4 amide bonds. The molecule has 1 N–H and O–H groups in total. The van der Waals surface area contributed by atoms with E-state index in [1.165, 1.54) is 37.3 Å². The predicted molar refractivity (Wildman–Crippen MR) is 166 cm³/mol. The van der Waals surface area contributed by atoms with Gasteiger partial charge in [-0.05, 0) is 56.7 Å². The first-order valence-electron chi connectivity index (χ1n) is 15.9. The molecule has 46 heavy (non-hydrogen) atoms. The monoisotopic (exact) mass is 650 g/mol. The van der Waals surface area contributed by atoms with Crippen molar-refractivity contribution >= 4 is 40.9 Å². The van der Waals surface area contributed by atoms with Crippen LogP contribution < -0.4 is 14.4 Å². The standard InChI is InChI=1S/C35H36ClFN2O7/c1-35-23(32(42)39(34(35)44)18-9-12-25(37)24(36)13-18)16-22-20(30(35)29-26(40)14-19(45-2)15-27(29)46-3)10-11-21-28(22)33(43)38(31(21)41)17-7-5-4-6-8-17/h9-10,12-15,17,21-23,28,30,40H,4-8,11,16H2,1-3H3/t21-,22+,23-,28-,30+,35+/m0/s1. The maximum Gasteiger partial charge on any atom is 0.241 e. The summed E-state index contributed by atoms with van der Waals surface area (Å²) in [5.41, 5.74) is -0.273. The van der Waals surface area contributed by atoms with Crippen molar-refractivity contribution in [2.24, 2.45) is 29.1 Å². The second kappa shape index (κ2) is 11.1. The lowest BCUT2D eigenvalue weighted by Gasteiger charge is -2.49. The minimum Gasteiger partial charge on any atom is -0.507 e. The summed E-state index contributed by atoms with van der Waals surface area (Å²) in [5, 5.41) is 11.3. The number of allylic oxidation sites excluding steroid dienone is 2. The van der Waals surface area contributed by atoms with Crippen LogP contribution in [0.25, 0.3) is 0 Å². The van der Waals surface area contributed by atoms with Crippen molar-refractivity contribution in [1.82, 2.24) is 4.90 Å². The number of carbonyl (C=O) groups excluding carboxylic acids is 4. The molecular formula is C35H36ClFN2O7. The fourth-order valence-electron chi connectivity index (χ4n) is 9.08. The Labute approximate surface area is 271 Å². The first-order chi connectivity index (χ1) is 22.0. The van der Waals surface area contributed by atoms with Crippen LogP contribution in [0.15, 0.2) is 42.0 Å². The number of likely N-dealkylation sites (tertiary alicyclic amines) is 1. The molecule has 11 heteroatoms. The summed E-state index contributed by atoms with van der Waals surface area (Å²) >= 11 is 6.09. The zero-order chi connectivity index (χ0) is 32.7.